The van der Waals surface area contributed by atoms with Crippen molar-refractivity contribution >= 4 is 23.1 Å². The monoisotopic (exact) mass is 195 g/mol. The number of aryl methyl sites for hydroxylation is 1. The molecule has 2 rings (SSSR count). The van der Waals surface area contributed by atoms with Crippen molar-refractivity contribution in [2.75, 3.05) is 0 Å². The molecule has 1 aromatic heterocycles. The molecule has 1 aliphatic rings. The van der Waals surface area contributed by atoms with Gasteiger partial charge in [-0.05, 0) is 24.3 Å². The molecule has 13 heavy (non-hydrogen) atoms. The molecule has 0 bridgehead atoms. The number of nitrogens with two attached hydrogens (primary N) is 1. The quantitative estimate of drug-likeness (QED) is 0.646. The van der Waals surface area contributed by atoms with Gasteiger partial charge >= 0.3 is 6.03 Å². The Morgan fingerprint density at radius 1 is 1.62 bits per heavy atom. The second-order valence-electron chi connectivity index (χ2n) is 2.79. The molecule has 0 spiro atoms. The molecular formula is C8H9N3OS. The van der Waals surface area contributed by atoms with Crippen LogP contribution in [0.2, 0.25) is 0 Å². The second-order valence-corrected chi connectivity index (χ2v) is 3.79. The number of nitrogens with one attached hydrogen (secondary N) is 1. The highest BCUT2D eigenvalue weighted by Gasteiger charge is 2.18. The van der Waals surface area contributed by atoms with Crippen molar-refractivity contribution in [3.8, 4) is 0 Å². The van der Waals surface area contributed by atoms with Crippen molar-refractivity contribution in [1.82, 2.24) is 5.43 Å². The summed E-state index contributed by atoms with van der Waals surface area (Å²) in [7, 11) is 0. The average molecular weight is 195 g/mol. The van der Waals surface area contributed by atoms with Crippen molar-refractivity contribution in [2.45, 2.75) is 12.8 Å². The summed E-state index contributed by atoms with van der Waals surface area (Å²) in [4.78, 5) is 11.8. The molecule has 0 aliphatic heterocycles. The highest BCUT2D eigenvalue weighted by molar-refractivity contribution is 7.10. The van der Waals surface area contributed by atoms with Gasteiger partial charge in [0.15, 0.2) is 0 Å². The van der Waals surface area contributed by atoms with Crippen LogP contribution in [-0.4, -0.2) is 11.7 Å². The minimum absolute atomic E-state index is 0.615. The lowest BCUT2D eigenvalue weighted by molar-refractivity contribution is 0.249. The normalized spacial score (nSPS) is 17.4. The van der Waals surface area contributed by atoms with Gasteiger partial charge in [-0.1, -0.05) is 0 Å². The Morgan fingerprint density at radius 2 is 2.46 bits per heavy atom. The molecule has 0 fully saturated rings. The fraction of sp³-hybridized carbons (Fsp3) is 0.250. The molecule has 2 amide bonds. The van der Waals surface area contributed by atoms with E-state index < -0.39 is 6.03 Å². The lowest BCUT2D eigenvalue weighted by Crippen LogP contribution is -2.25. The van der Waals surface area contributed by atoms with Crippen LogP contribution in [0.25, 0.3) is 0 Å². The lowest BCUT2D eigenvalue weighted by atomic mass is 10.2. The van der Waals surface area contributed by atoms with Crippen LogP contribution >= 0.6 is 11.3 Å². The molecule has 0 atom stereocenters. The first-order valence-corrected chi connectivity index (χ1v) is 4.84. The van der Waals surface area contributed by atoms with E-state index in [1.54, 1.807) is 11.3 Å². The Bertz CT molecular complexity index is 369. The number of hydrogen-bond donors (Lipinski definition) is 2. The molecule has 0 saturated carbocycles. The maximum absolute atomic E-state index is 10.4. The summed E-state index contributed by atoms with van der Waals surface area (Å²) >= 11 is 1.73. The molecule has 0 unspecified atom stereocenters. The maximum Gasteiger partial charge on any atom is 0.332 e. The van der Waals surface area contributed by atoms with E-state index in [0.29, 0.717) is 0 Å². The van der Waals surface area contributed by atoms with Crippen molar-refractivity contribution in [3.63, 3.8) is 0 Å². The Labute approximate surface area is 79.4 Å². The largest absolute Gasteiger partial charge is 0.350 e. The molecule has 1 aliphatic carbocycles. The molecular weight excluding hydrogens is 186 g/mol. The predicted molar refractivity (Wildman–Crippen MR) is 51.9 cm³/mol. The van der Waals surface area contributed by atoms with Crippen LogP contribution in [0.15, 0.2) is 16.5 Å². The zero-order valence-electron chi connectivity index (χ0n) is 6.91. The van der Waals surface area contributed by atoms with Gasteiger partial charge < -0.3 is 5.73 Å². The van der Waals surface area contributed by atoms with Crippen LogP contribution in [0, 0.1) is 0 Å². The minimum atomic E-state index is -0.615. The number of carbonyl (C=O) groups is 1. The van der Waals surface area contributed by atoms with Crippen LogP contribution in [0.1, 0.15) is 16.9 Å². The summed E-state index contributed by atoms with van der Waals surface area (Å²) in [5.41, 5.74) is 9.24. The number of primary amides is 1. The van der Waals surface area contributed by atoms with E-state index in [4.69, 9.17) is 5.73 Å². The Balaban J connectivity index is 2.20. The molecule has 68 valence electrons. The Morgan fingerprint density at radius 3 is 3.23 bits per heavy atom. The number of hydrazone groups is 1. The van der Waals surface area contributed by atoms with E-state index >= 15 is 0 Å². The summed E-state index contributed by atoms with van der Waals surface area (Å²) < 4.78 is 0. The van der Waals surface area contributed by atoms with Crippen LogP contribution in [0.5, 0.6) is 0 Å². The topological polar surface area (TPSA) is 67.5 Å². The molecule has 3 N–H and O–H groups in total. The molecule has 5 heteroatoms. The number of thiophene rings is 1. The lowest BCUT2D eigenvalue weighted by Gasteiger charge is -1.95. The van der Waals surface area contributed by atoms with E-state index in [9.17, 15) is 4.79 Å². The van der Waals surface area contributed by atoms with Crippen molar-refractivity contribution < 1.29 is 4.79 Å². The second kappa shape index (κ2) is 3.18. The first-order valence-electron chi connectivity index (χ1n) is 3.96. The third-order valence-corrected chi connectivity index (χ3v) is 2.93. The summed E-state index contributed by atoms with van der Waals surface area (Å²) in [6.07, 6.45) is 1.91. The van der Waals surface area contributed by atoms with Gasteiger partial charge in [0.25, 0.3) is 0 Å². The van der Waals surface area contributed by atoms with Gasteiger partial charge in [-0.25, -0.2) is 10.2 Å². The minimum Gasteiger partial charge on any atom is -0.350 e. The Hall–Kier alpha value is -1.36. The zero-order chi connectivity index (χ0) is 9.26. The third kappa shape index (κ3) is 1.55. The SMILES string of the molecule is NC(=O)NN=C1CCc2sccc21. The summed E-state index contributed by atoms with van der Waals surface area (Å²) in [5.74, 6) is 0. The van der Waals surface area contributed by atoms with E-state index in [0.717, 1.165) is 24.1 Å². The standard InChI is InChI=1S/C8H9N3OS/c9-8(12)11-10-6-1-2-7-5(6)3-4-13-7/h3-4H,1-2H2,(H3,9,11,12). The molecule has 1 aromatic rings. The van der Waals surface area contributed by atoms with E-state index in [2.05, 4.69) is 10.5 Å². The van der Waals surface area contributed by atoms with E-state index in [-0.39, 0.29) is 0 Å². The van der Waals surface area contributed by atoms with Gasteiger partial charge in [0.1, 0.15) is 0 Å². The van der Waals surface area contributed by atoms with Crippen LogP contribution in [0.3, 0.4) is 0 Å². The van der Waals surface area contributed by atoms with Crippen LogP contribution < -0.4 is 11.2 Å². The summed E-state index contributed by atoms with van der Waals surface area (Å²) in [6, 6.07) is 1.41. The van der Waals surface area contributed by atoms with Gasteiger partial charge in [0, 0.05) is 10.4 Å². The number of urea groups is 1. The van der Waals surface area contributed by atoms with Gasteiger partial charge in [-0.2, -0.15) is 5.10 Å². The van der Waals surface area contributed by atoms with E-state index in [1.807, 2.05) is 11.4 Å². The fourth-order valence-corrected chi connectivity index (χ4v) is 2.30. The molecule has 0 aromatic carbocycles. The van der Waals surface area contributed by atoms with Crippen molar-refractivity contribution in [1.29, 1.82) is 0 Å². The van der Waals surface area contributed by atoms with Crippen LogP contribution in [0.4, 0.5) is 4.79 Å². The van der Waals surface area contributed by atoms with Gasteiger partial charge in [-0.15, -0.1) is 11.3 Å². The average Bonchev–Trinajstić information content (AvgIpc) is 2.60. The molecule has 1 heterocycles. The fourth-order valence-electron chi connectivity index (χ4n) is 1.40. The number of fused-ring (bicyclic) bond motifs is 1. The number of hydrogen-bond acceptors (Lipinski definition) is 3. The summed E-state index contributed by atoms with van der Waals surface area (Å²) in [6.45, 7) is 0. The first kappa shape index (κ1) is 8.25. The summed E-state index contributed by atoms with van der Waals surface area (Å²) in [5, 5.41) is 5.97. The van der Waals surface area contributed by atoms with Crippen molar-refractivity contribution in [3.05, 3.63) is 21.9 Å². The van der Waals surface area contributed by atoms with Crippen molar-refractivity contribution in [2.24, 2.45) is 10.8 Å². The van der Waals surface area contributed by atoms with Crippen LogP contribution in [-0.2, 0) is 6.42 Å². The molecule has 0 radical (unpaired) electrons. The molecule has 0 saturated heterocycles. The predicted octanol–water partition coefficient (Wildman–Crippen LogP) is 1.07. The van der Waals surface area contributed by atoms with Gasteiger partial charge in [-0.3, -0.25) is 0 Å². The number of rotatable bonds is 1. The number of amides is 2. The van der Waals surface area contributed by atoms with Gasteiger partial charge in [0.05, 0.1) is 5.71 Å². The smallest absolute Gasteiger partial charge is 0.332 e. The van der Waals surface area contributed by atoms with E-state index in [1.165, 1.54) is 4.88 Å². The zero-order valence-corrected chi connectivity index (χ0v) is 7.73. The molecule has 4 nitrogen and oxygen atoms in total. The third-order valence-electron chi connectivity index (χ3n) is 1.95. The number of nitrogens with zero attached hydrogens (tertiary/aromatic N) is 1. The van der Waals surface area contributed by atoms with Gasteiger partial charge in [0.2, 0.25) is 0 Å². The highest BCUT2D eigenvalue weighted by Crippen LogP contribution is 2.27. The maximum atomic E-state index is 10.4. The highest BCUT2D eigenvalue weighted by atomic mass is 32.1. The Kier molecular flexibility index (Phi) is 2.02. The number of carbonyl (C=O) groups excluding carboxylic acids is 1. The first-order chi connectivity index (χ1) is 6.27.